The number of nitrogens with two attached hydrogens (primary N) is 1. The van der Waals surface area contributed by atoms with Crippen molar-refractivity contribution in [2.24, 2.45) is 5.73 Å². The van der Waals surface area contributed by atoms with Gasteiger partial charge < -0.3 is 15.8 Å². The Morgan fingerprint density at radius 1 is 1.05 bits per heavy atom. The van der Waals surface area contributed by atoms with Gasteiger partial charge in [-0.3, -0.25) is 0 Å². The topological polar surface area (TPSA) is 47.3 Å². The molecule has 0 aromatic heterocycles. The van der Waals surface area contributed by atoms with Gasteiger partial charge in [-0.15, -0.1) is 13.2 Å². The number of hydrogen-bond acceptors (Lipinski definition) is 2. The highest BCUT2D eigenvalue weighted by atomic mass is 32.1. The summed E-state index contributed by atoms with van der Waals surface area (Å²) in [6, 6.07) is 12.8. The Morgan fingerprint density at radius 2 is 1.71 bits per heavy atom. The Balaban J connectivity index is 2.20. The van der Waals surface area contributed by atoms with Gasteiger partial charge in [0.15, 0.2) is 5.11 Å². The molecule has 0 bridgehead atoms. The first-order valence-corrected chi connectivity index (χ1v) is 6.27. The highest BCUT2D eigenvalue weighted by Crippen LogP contribution is 2.27. The third-order valence-corrected chi connectivity index (χ3v) is 2.65. The van der Waals surface area contributed by atoms with Crippen LogP contribution in [0, 0.1) is 0 Å². The average Bonchev–Trinajstić information content (AvgIpc) is 2.37. The summed E-state index contributed by atoms with van der Waals surface area (Å²) in [5.74, 6) is -0.260. The predicted octanol–water partition coefficient (Wildman–Crippen LogP) is 3.91. The molecule has 2 aromatic carbocycles. The van der Waals surface area contributed by atoms with Crippen molar-refractivity contribution in [3.8, 4) is 16.9 Å². The summed E-state index contributed by atoms with van der Waals surface area (Å²) in [6.45, 7) is 0. The van der Waals surface area contributed by atoms with Crippen molar-refractivity contribution in [3.05, 3.63) is 48.5 Å². The Kier molecular flexibility index (Phi) is 4.32. The standard InChI is InChI=1S/C14H11F3N2OS/c15-14(16,17)20-12-6-4-9(5-7-12)10-2-1-3-11(8-10)19-13(18)21/h1-8H,(H3,18,19,21). The van der Waals surface area contributed by atoms with Crippen molar-refractivity contribution in [1.82, 2.24) is 0 Å². The summed E-state index contributed by atoms with van der Waals surface area (Å²) in [5, 5.41) is 2.93. The van der Waals surface area contributed by atoms with Gasteiger partial charge in [0.25, 0.3) is 0 Å². The monoisotopic (exact) mass is 312 g/mol. The SMILES string of the molecule is NC(=S)Nc1cccc(-c2ccc(OC(F)(F)F)cc2)c1. The zero-order valence-corrected chi connectivity index (χ0v) is 11.5. The molecule has 0 saturated carbocycles. The zero-order chi connectivity index (χ0) is 15.5. The third-order valence-electron chi connectivity index (χ3n) is 2.55. The van der Waals surface area contributed by atoms with E-state index < -0.39 is 6.36 Å². The van der Waals surface area contributed by atoms with Gasteiger partial charge in [0, 0.05) is 5.69 Å². The fraction of sp³-hybridized carbons (Fsp3) is 0.0714. The van der Waals surface area contributed by atoms with Gasteiger partial charge in [0.05, 0.1) is 0 Å². The molecule has 0 aliphatic heterocycles. The quantitative estimate of drug-likeness (QED) is 0.844. The zero-order valence-electron chi connectivity index (χ0n) is 10.6. The van der Waals surface area contributed by atoms with Gasteiger partial charge in [0.2, 0.25) is 0 Å². The van der Waals surface area contributed by atoms with Crippen LogP contribution in [0.15, 0.2) is 48.5 Å². The molecule has 2 rings (SSSR count). The molecule has 0 radical (unpaired) electrons. The van der Waals surface area contributed by atoms with E-state index in [0.717, 1.165) is 11.1 Å². The molecule has 3 N–H and O–H groups in total. The first kappa shape index (κ1) is 15.1. The molecular formula is C14H11F3N2OS. The molecule has 2 aromatic rings. The van der Waals surface area contributed by atoms with Crippen molar-refractivity contribution in [2.45, 2.75) is 6.36 Å². The minimum Gasteiger partial charge on any atom is -0.406 e. The van der Waals surface area contributed by atoms with Crippen LogP contribution < -0.4 is 15.8 Å². The number of thiocarbonyl (C=S) groups is 1. The number of halogens is 3. The summed E-state index contributed by atoms with van der Waals surface area (Å²) < 4.78 is 40.1. The number of anilines is 1. The first-order chi connectivity index (χ1) is 9.83. The minimum absolute atomic E-state index is 0.140. The fourth-order valence-corrected chi connectivity index (χ4v) is 1.89. The van der Waals surface area contributed by atoms with Gasteiger partial charge >= 0.3 is 6.36 Å². The van der Waals surface area contributed by atoms with Crippen LogP contribution in [0.5, 0.6) is 5.75 Å². The van der Waals surface area contributed by atoms with E-state index in [-0.39, 0.29) is 10.9 Å². The Morgan fingerprint density at radius 3 is 2.29 bits per heavy atom. The van der Waals surface area contributed by atoms with E-state index in [4.69, 9.17) is 18.0 Å². The second-order valence-corrected chi connectivity index (χ2v) is 4.58. The largest absolute Gasteiger partial charge is 0.573 e. The highest BCUT2D eigenvalue weighted by Gasteiger charge is 2.30. The van der Waals surface area contributed by atoms with E-state index >= 15 is 0 Å². The molecule has 0 amide bonds. The maximum Gasteiger partial charge on any atom is 0.573 e. The van der Waals surface area contributed by atoms with Crippen LogP contribution in [0.3, 0.4) is 0 Å². The molecule has 7 heteroatoms. The van der Waals surface area contributed by atoms with E-state index in [1.54, 1.807) is 30.3 Å². The van der Waals surface area contributed by atoms with Gasteiger partial charge in [-0.1, -0.05) is 24.3 Å². The van der Waals surface area contributed by atoms with E-state index in [1.807, 2.05) is 6.07 Å². The molecule has 3 nitrogen and oxygen atoms in total. The molecule has 0 heterocycles. The van der Waals surface area contributed by atoms with Crippen LogP contribution >= 0.6 is 12.2 Å². The normalized spacial score (nSPS) is 11.0. The smallest absolute Gasteiger partial charge is 0.406 e. The van der Waals surface area contributed by atoms with Gasteiger partial charge in [-0.05, 0) is 47.6 Å². The molecule has 21 heavy (non-hydrogen) atoms. The van der Waals surface area contributed by atoms with Crippen LogP contribution in [0.2, 0.25) is 0 Å². The Hall–Kier alpha value is -2.28. The minimum atomic E-state index is -4.69. The van der Waals surface area contributed by atoms with Crippen molar-refractivity contribution in [3.63, 3.8) is 0 Å². The van der Waals surface area contributed by atoms with Crippen LogP contribution in [0.4, 0.5) is 18.9 Å². The maximum atomic E-state index is 12.1. The fourth-order valence-electron chi connectivity index (χ4n) is 1.77. The number of nitrogens with one attached hydrogen (secondary N) is 1. The first-order valence-electron chi connectivity index (χ1n) is 5.86. The van der Waals surface area contributed by atoms with E-state index in [1.165, 1.54) is 12.1 Å². The number of benzene rings is 2. The predicted molar refractivity (Wildman–Crippen MR) is 79.0 cm³/mol. The molecular weight excluding hydrogens is 301 g/mol. The lowest BCUT2D eigenvalue weighted by Crippen LogP contribution is -2.18. The summed E-state index contributed by atoms with van der Waals surface area (Å²) in [7, 11) is 0. The van der Waals surface area contributed by atoms with Crippen LogP contribution in [-0.4, -0.2) is 11.5 Å². The highest BCUT2D eigenvalue weighted by molar-refractivity contribution is 7.80. The Bertz CT molecular complexity index is 641. The van der Waals surface area contributed by atoms with Crippen molar-refractivity contribution in [2.75, 3.05) is 5.32 Å². The van der Waals surface area contributed by atoms with Crippen LogP contribution in [0.25, 0.3) is 11.1 Å². The molecule has 0 aliphatic carbocycles. The van der Waals surface area contributed by atoms with Crippen LogP contribution in [0.1, 0.15) is 0 Å². The lowest BCUT2D eigenvalue weighted by atomic mass is 10.1. The molecule has 0 saturated heterocycles. The Labute approximate surface area is 124 Å². The van der Waals surface area contributed by atoms with E-state index in [9.17, 15) is 13.2 Å². The van der Waals surface area contributed by atoms with Crippen molar-refractivity contribution < 1.29 is 17.9 Å². The van der Waals surface area contributed by atoms with Crippen LogP contribution in [-0.2, 0) is 0 Å². The molecule has 0 fully saturated rings. The second kappa shape index (κ2) is 6.01. The molecule has 0 atom stereocenters. The second-order valence-electron chi connectivity index (χ2n) is 4.14. The molecule has 0 unspecified atom stereocenters. The summed E-state index contributed by atoms with van der Waals surface area (Å²) in [4.78, 5) is 0. The van der Waals surface area contributed by atoms with Gasteiger partial charge in [-0.25, -0.2) is 0 Å². The van der Waals surface area contributed by atoms with E-state index in [0.29, 0.717) is 5.69 Å². The lowest BCUT2D eigenvalue weighted by Gasteiger charge is -2.10. The van der Waals surface area contributed by atoms with E-state index in [2.05, 4.69) is 10.1 Å². The molecule has 0 spiro atoms. The summed E-state index contributed by atoms with van der Waals surface area (Å²) in [5.41, 5.74) is 7.65. The third kappa shape index (κ3) is 4.64. The number of rotatable bonds is 3. The summed E-state index contributed by atoms with van der Waals surface area (Å²) >= 11 is 4.75. The van der Waals surface area contributed by atoms with Gasteiger partial charge in [-0.2, -0.15) is 0 Å². The number of ether oxygens (including phenoxy) is 1. The number of alkyl halides is 3. The average molecular weight is 312 g/mol. The van der Waals surface area contributed by atoms with Crippen molar-refractivity contribution in [1.29, 1.82) is 0 Å². The molecule has 0 aliphatic rings. The maximum absolute atomic E-state index is 12.1. The molecule has 110 valence electrons. The van der Waals surface area contributed by atoms with Gasteiger partial charge in [0.1, 0.15) is 5.75 Å². The number of hydrogen-bond donors (Lipinski definition) is 2. The lowest BCUT2D eigenvalue weighted by molar-refractivity contribution is -0.274. The summed E-state index contributed by atoms with van der Waals surface area (Å²) in [6.07, 6.45) is -4.69. The van der Waals surface area contributed by atoms with Crippen molar-refractivity contribution >= 4 is 23.0 Å².